The zero-order valence-electron chi connectivity index (χ0n) is 33.2. The van der Waals surface area contributed by atoms with E-state index in [4.69, 9.17) is 0 Å². The molecular weight excluding hydrogens is 635 g/mol. The molecule has 10 aliphatic rings. The van der Waals surface area contributed by atoms with E-state index >= 15 is 0 Å². The van der Waals surface area contributed by atoms with Crippen LogP contribution in [0, 0.1) is 58.7 Å². The fourth-order valence-electron chi connectivity index (χ4n) is 16.8. The average Bonchev–Trinajstić information content (AvgIpc) is 3.74. The molecule has 3 aliphatic heterocycles. The molecule has 5 heteroatoms. The van der Waals surface area contributed by atoms with Crippen LogP contribution in [0.4, 0.5) is 0 Å². The average molecular weight is 712 g/mol. The van der Waals surface area contributed by atoms with Crippen LogP contribution < -0.4 is 10.6 Å². The largest absolute Gasteiger partial charge is 0.299 e. The molecule has 0 spiro atoms. The van der Waals surface area contributed by atoms with E-state index in [-0.39, 0.29) is 5.92 Å². The van der Waals surface area contributed by atoms with Crippen molar-refractivity contribution in [1.29, 1.82) is 5.26 Å². The summed E-state index contributed by atoms with van der Waals surface area (Å²) in [6, 6.07) is 8.84. The van der Waals surface area contributed by atoms with E-state index in [1.807, 2.05) is 0 Å². The van der Waals surface area contributed by atoms with Crippen LogP contribution in [0.5, 0.6) is 0 Å². The number of hydrogen-bond acceptors (Lipinski definition) is 5. The summed E-state index contributed by atoms with van der Waals surface area (Å²) in [7, 11) is 0. The van der Waals surface area contributed by atoms with Crippen molar-refractivity contribution >= 4 is 0 Å². The predicted molar refractivity (Wildman–Crippen MR) is 211 cm³/mol. The second kappa shape index (κ2) is 15.7. The third-order valence-electron chi connectivity index (χ3n) is 18.8. The molecule has 7 aliphatic carbocycles. The zero-order valence-corrected chi connectivity index (χ0v) is 33.2. The predicted octanol–water partition coefficient (Wildman–Crippen LogP) is 9.95. The van der Waals surface area contributed by atoms with Gasteiger partial charge in [-0.3, -0.25) is 20.4 Å². The Labute approximate surface area is 318 Å². The standard InChI is InChI=1S/C47H77N5/c48-30-33-27-45(51-41-23-11-7-19-34(41)35-20-8-12-24-42(35)51)46(52-43-25-13-9-21-36(43)37-22-10-14-26-44(37)52)28-38(33)40-29-39(31-15-3-1-4-16-31)49-47(50-40)32-17-5-2-6-18-32/h31-47,49-50H,1-29H2. The van der Waals surface area contributed by atoms with Gasteiger partial charge in [-0.25, -0.2) is 0 Å². The quantitative estimate of drug-likeness (QED) is 0.298. The molecule has 0 bridgehead atoms. The first kappa shape index (κ1) is 35.7. The summed E-state index contributed by atoms with van der Waals surface area (Å²) in [5, 5.41) is 20.1. The molecule has 10 rings (SSSR count). The molecule has 52 heavy (non-hydrogen) atoms. The van der Waals surface area contributed by atoms with Crippen LogP contribution in [0.15, 0.2) is 0 Å². The van der Waals surface area contributed by atoms with Gasteiger partial charge in [0.1, 0.15) is 0 Å². The number of nitrogens with one attached hydrogen (secondary N) is 2. The van der Waals surface area contributed by atoms with Crippen molar-refractivity contribution in [3.63, 3.8) is 0 Å². The van der Waals surface area contributed by atoms with Gasteiger partial charge in [-0.05, 0) is 138 Å². The monoisotopic (exact) mass is 712 g/mol. The van der Waals surface area contributed by atoms with Crippen molar-refractivity contribution in [1.82, 2.24) is 20.4 Å². The SMILES string of the molecule is N#CC1CC(N2C3CCCCC3C3CCCCC32)C(N2C3CCCCC3C3CCCCC32)CC1C1CC(C2CCCCC2)NC(C2CCCCC2)N1. The molecule has 10 fully saturated rings. The van der Waals surface area contributed by atoms with E-state index in [0.29, 0.717) is 36.3 Å². The first-order valence-electron chi connectivity index (χ1n) is 24.2. The van der Waals surface area contributed by atoms with E-state index in [9.17, 15) is 5.26 Å². The van der Waals surface area contributed by atoms with Crippen molar-refractivity contribution in [2.24, 2.45) is 47.3 Å². The number of nitriles is 1. The van der Waals surface area contributed by atoms with Crippen LogP contribution in [0.2, 0.25) is 0 Å². The number of rotatable bonds is 5. The van der Waals surface area contributed by atoms with E-state index in [1.165, 1.54) is 180 Å². The number of fused-ring (bicyclic) bond motifs is 6. The van der Waals surface area contributed by atoms with Crippen molar-refractivity contribution in [3.05, 3.63) is 0 Å². The van der Waals surface area contributed by atoms with Crippen LogP contribution in [0.25, 0.3) is 0 Å². The van der Waals surface area contributed by atoms with Crippen molar-refractivity contribution in [2.45, 2.75) is 241 Å². The van der Waals surface area contributed by atoms with Crippen LogP contribution in [0.3, 0.4) is 0 Å². The molecule has 0 aromatic carbocycles. The highest BCUT2D eigenvalue weighted by Crippen LogP contribution is 2.56. The maximum atomic E-state index is 11.3. The van der Waals surface area contributed by atoms with Crippen molar-refractivity contribution in [3.8, 4) is 6.07 Å². The van der Waals surface area contributed by atoms with Crippen LogP contribution in [-0.4, -0.2) is 64.3 Å². The van der Waals surface area contributed by atoms with Crippen molar-refractivity contribution < 1.29 is 0 Å². The second-order valence-electron chi connectivity index (χ2n) is 21.0. The van der Waals surface area contributed by atoms with Gasteiger partial charge in [-0.2, -0.15) is 5.26 Å². The normalized spacial score (nSPS) is 49.7. The molecule has 15 unspecified atom stereocenters. The van der Waals surface area contributed by atoms with Gasteiger partial charge >= 0.3 is 0 Å². The Hall–Kier alpha value is -0.670. The lowest BCUT2D eigenvalue weighted by Gasteiger charge is -2.56. The highest BCUT2D eigenvalue weighted by molar-refractivity contribution is 5.16. The maximum absolute atomic E-state index is 11.3. The molecule has 3 saturated heterocycles. The lowest BCUT2D eigenvalue weighted by atomic mass is 9.67. The van der Waals surface area contributed by atoms with Crippen LogP contribution in [0.1, 0.15) is 186 Å². The zero-order chi connectivity index (χ0) is 34.6. The van der Waals surface area contributed by atoms with Gasteiger partial charge in [0.15, 0.2) is 0 Å². The van der Waals surface area contributed by atoms with Crippen LogP contribution in [-0.2, 0) is 0 Å². The molecule has 0 radical (unpaired) electrons. The Kier molecular flexibility index (Phi) is 10.8. The van der Waals surface area contributed by atoms with Crippen LogP contribution >= 0.6 is 0 Å². The van der Waals surface area contributed by atoms with E-state index < -0.39 is 0 Å². The Morgan fingerprint density at radius 1 is 0.365 bits per heavy atom. The van der Waals surface area contributed by atoms with E-state index in [0.717, 1.165) is 66.1 Å². The summed E-state index contributed by atoms with van der Waals surface area (Å²) < 4.78 is 0. The van der Waals surface area contributed by atoms with Crippen molar-refractivity contribution in [2.75, 3.05) is 0 Å². The summed E-state index contributed by atoms with van der Waals surface area (Å²) in [4.78, 5) is 6.64. The molecular formula is C47H77N5. The van der Waals surface area contributed by atoms with Gasteiger partial charge in [0.05, 0.1) is 18.2 Å². The Bertz CT molecular complexity index is 1160. The third kappa shape index (κ3) is 6.48. The van der Waals surface area contributed by atoms with Gasteiger partial charge in [0, 0.05) is 48.3 Å². The van der Waals surface area contributed by atoms with Gasteiger partial charge in [-0.1, -0.05) is 89.9 Å². The minimum atomic E-state index is 0.201. The lowest BCUT2D eigenvalue weighted by molar-refractivity contribution is -0.0554. The first-order chi connectivity index (χ1) is 25.8. The fraction of sp³-hybridized carbons (Fsp3) is 0.979. The second-order valence-corrected chi connectivity index (χ2v) is 21.0. The summed E-state index contributed by atoms with van der Waals surface area (Å²) in [6.07, 6.45) is 41.9. The molecule has 15 atom stereocenters. The number of nitrogens with zero attached hydrogens (tertiary/aromatic N) is 3. The maximum Gasteiger partial charge on any atom is 0.0659 e. The first-order valence-corrected chi connectivity index (χ1v) is 24.2. The minimum absolute atomic E-state index is 0.201. The molecule has 0 amide bonds. The molecule has 3 heterocycles. The Morgan fingerprint density at radius 2 is 0.769 bits per heavy atom. The van der Waals surface area contributed by atoms with Gasteiger partial charge in [-0.15, -0.1) is 0 Å². The Morgan fingerprint density at radius 3 is 1.25 bits per heavy atom. The minimum Gasteiger partial charge on any atom is -0.299 e. The Balaban J connectivity index is 1.01. The summed E-state index contributed by atoms with van der Waals surface area (Å²) >= 11 is 0. The highest BCUT2D eigenvalue weighted by atomic mass is 15.3. The summed E-state index contributed by atoms with van der Waals surface area (Å²) in [5.41, 5.74) is 0. The molecule has 7 saturated carbocycles. The molecule has 2 N–H and O–H groups in total. The fourth-order valence-corrected chi connectivity index (χ4v) is 16.8. The number of hydrogen-bond donors (Lipinski definition) is 2. The third-order valence-corrected chi connectivity index (χ3v) is 18.8. The number of likely N-dealkylation sites (tertiary alicyclic amines) is 2. The van der Waals surface area contributed by atoms with Gasteiger partial charge in [0.2, 0.25) is 0 Å². The summed E-state index contributed by atoms with van der Waals surface area (Å²) in [6.45, 7) is 0. The topological polar surface area (TPSA) is 54.3 Å². The summed E-state index contributed by atoms with van der Waals surface area (Å²) in [5.74, 6) is 6.13. The van der Waals surface area contributed by atoms with E-state index in [2.05, 4.69) is 26.5 Å². The van der Waals surface area contributed by atoms with Gasteiger partial charge < -0.3 is 0 Å². The molecule has 0 aromatic rings. The molecule has 290 valence electrons. The highest BCUT2D eigenvalue weighted by Gasteiger charge is 2.60. The smallest absolute Gasteiger partial charge is 0.0659 e. The van der Waals surface area contributed by atoms with Gasteiger partial charge in [0.25, 0.3) is 0 Å². The molecule has 0 aromatic heterocycles. The van der Waals surface area contributed by atoms with E-state index in [1.54, 1.807) is 0 Å². The lowest BCUT2D eigenvalue weighted by Crippen LogP contribution is -2.68. The molecule has 5 nitrogen and oxygen atoms in total.